The quantitative estimate of drug-likeness (QED) is 0.896. The van der Waals surface area contributed by atoms with Gasteiger partial charge in [-0.25, -0.2) is 4.39 Å². The van der Waals surface area contributed by atoms with E-state index in [9.17, 15) is 4.39 Å². The molecule has 2 aromatic rings. The summed E-state index contributed by atoms with van der Waals surface area (Å²) < 4.78 is 13.6. The van der Waals surface area contributed by atoms with Gasteiger partial charge in [0.1, 0.15) is 5.82 Å². The second kappa shape index (κ2) is 5.37. The Balaban J connectivity index is 1.64. The molecule has 0 spiro atoms. The first-order chi connectivity index (χ1) is 9.63. The summed E-state index contributed by atoms with van der Waals surface area (Å²) >= 11 is 0. The van der Waals surface area contributed by atoms with Crippen molar-refractivity contribution in [1.29, 1.82) is 0 Å². The standard InChI is InChI=1S/C18H20FN/c1-12-7-14(8-13(2)18(12)19)11-20-17-9-15-5-3-4-6-16(15)10-17/h3-8,17,20H,9-11H2,1-2H3. The van der Waals surface area contributed by atoms with Crippen LogP contribution in [0.15, 0.2) is 36.4 Å². The maximum atomic E-state index is 13.6. The molecule has 3 rings (SSSR count). The van der Waals surface area contributed by atoms with Gasteiger partial charge >= 0.3 is 0 Å². The van der Waals surface area contributed by atoms with Gasteiger partial charge in [0.25, 0.3) is 0 Å². The third-order valence-corrected chi connectivity index (χ3v) is 4.14. The summed E-state index contributed by atoms with van der Waals surface area (Å²) in [5, 5.41) is 3.60. The van der Waals surface area contributed by atoms with Crippen molar-refractivity contribution in [3.63, 3.8) is 0 Å². The summed E-state index contributed by atoms with van der Waals surface area (Å²) in [4.78, 5) is 0. The predicted octanol–water partition coefficient (Wildman–Crippen LogP) is 3.70. The van der Waals surface area contributed by atoms with Gasteiger partial charge in [0.15, 0.2) is 0 Å². The SMILES string of the molecule is Cc1cc(CNC2Cc3ccccc3C2)cc(C)c1F. The van der Waals surface area contributed by atoms with Crippen LogP contribution >= 0.6 is 0 Å². The number of hydrogen-bond donors (Lipinski definition) is 1. The molecule has 1 aliphatic rings. The first kappa shape index (κ1) is 13.3. The fourth-order valence-electron chi connectivity index (χ4n) is 3.10. The van der Waals surface area contributed by atoms with Crippen LogP contribution in [-0.4, -0.2) is 6.04 Å². The Bertz CT molecular complexity index is 585. The van der Waals surface area contributed by atoms with Crippen molar-refractivity contribution in [3.05, 3.63) is 70.0 Å². The lowest BCUT2D eigenvalue weighted by molar-refractivity contribution is 0.531. The molecule has 2 heteroatoms. The van der Waals surface area contributed by atoms with Crippen molar-refractivity contribution >= 4 is 0 Å². The molecule has 0 atom stereocenters. The van der Waals surface area contributed by atoms with Crippen molar-refractivity contribution in [3.8, 4) is 0 Å². The van der Waals surface area contributed by atoms with Gasteiger partial charge in [-0.2, -0.15) is 0 Å². The minimum Gasteiger partial charge on any atom is -0.309 e. The minimum atomic E-state index is -0.0815. The molecule has 0 aromatic heterocycles. The van der Waals surface area contributed by atoms with Crippen molar-refractivity contribution in [2.24, 2.45) is 0 Å². The fourth-order valence-corrected chi connectivity index (χ4v) is 3.10. The van der Waals surface area contributed by atoms with E-state index in [1.54, 1.807) is 0 Å². The van der Waals surface area contributed by atoms with Crippen LogP contribution in [0.5, 0.6) is 0 Å². The van der Waals surface area contributed by atoms with Crippen LogP contribution in [0, 0.1) is 19.7 Å². The topological polar surface area (TPSA) is 12.0 Å². The van der Waals surface area contributed by atoms with E-state index in [2.05, 4.69) is 29.6 Å². The Morgan fingerprint density at radius 3 is 2.15 bits per heavy atom. The molecule has 0 heterocycles. The maximum Gasteiger partial charge on any atom is 0.129 e. The van der Waals surface area contributed by atoms with Crippen LogP contribution in [0.3, 0.4) is 0 Å². The van der Waals surface area contributed by atoms with Gasteiger partial charge in [0, 0.05) is 12.6 Å². The molecule has 0 fully saturated rings. The highest BCUT2D eigenvalue weighted by Crippen LogP contribution is 2.22. The number of benzene rings is 2. The average Bonchev–Trinajstić information content (AvgIpc) is 2.85. The Hall–Kier alpha value is -1.67. The fraction of sp³-hybridized carbons (Fsp3) is 0.333. The molecule has 1 nitrogen and oxygen atoms in total. The maximum absolute atomic E-state index is 13.6. The van der Waals surface area contributed by atoms with Crippen LogP contribution in [0.4, 0.5) is 4.39 Å². The van der Waals surface area contributed by atoms with E-state index in [-0.39, 0.29) is 5.82 Å². The first-order valence-corrected chi connectivity index (χ1v) is 7.19. The van der Waals surface area contributed by atoms with Gasteiger partial charge in [-0.15, -0.1) is 0 Å². The highest BCUT2D eigenvalue weighted by atomic mass is 19.1. The van der Waals surface area contributed by atoms with E-state index in [0.29, 0.717) is 6.04 Å². The van der Waals surface area contributed by atoms with Crippen molar-refractivity contribution in [1.82, 2.24) is 5.32 Å². The van der Waals surface area contributed by atoms with E-state index < -0.39 is 0 Å². The lowest BCUT2D eigenvalue weighted by Gasteiger charge is -2.13. The zero-order chi connectivity index (χ0) is 14.1. The van der Waals surface area contributed by atoms with Gasteiger partial charge in [-0.3, -0.25) is 0 Å². The van der Waals surface area contributed by atoms with Crippen molar-refractivity contribution < 1.29 is 4.39 Å². The molecular formula is C18H20FN. The van der Waals surface area contributed by atoms with Crippen molar-refractivity contribution in [2.45, 2.75) is 39.3 Å². The molecule has 104 valence electrons. The first-order valence-electron chi connectivity index (χ1n) is 7.19. The summed E-state index contributed by atoms with van der Waals surface area (Å²) in [6, 6.07) is 13.0. The van der Waals surface area contributed by atoms with Gasteiger partial charge in [0.05, 0.1) is 0 Å². The summed E-state index contributed by atoms with van der Waals surface area (Å²) in [5.74, 6) is -0.0815. The number of halogens is 1. The van der Waals surface area contributed by atoms with Crippen LogP contribution in [-0.2, 0) is 19.4 Å². The summed E-state index contributed by atoms with van der Waals surface area (Å²) in [6.45, 7) is 4.47. The van der Waals surface area contributed by atoms with Gasteiger partial charge in [-0.05, 0) is 54.5 Å². The molecule has 0 saturated carbocycles. The lowest BCUT2D eigenvalue weighted by Crippen LogP contribution is -2.29. The molecule has 0 unspecified atom stereocenters. The summed E-state index contributed by atoms with van der Waals surface area (Å²) in [6.07, 6.45) is 2.19. The molecule has 2 aromatic carbocycles. The second-order valence-corrected chi connectivity index (χ2v) is 5.80. The molecule has 0 bridgehead atoms. The molecule has 20 heavy (non-hydrogen) atoms. The molecular weight excluding hydrogens is 249 g/mol. The Morgan fingerprint density at radius 1 is 1.05 bits per heavy atom. The van der Waals surface area contributed by atoms with Crippen LogP contribution < -0.4 is 5.32 Å². The van der Waals surface area contributed by atoms with Crippen LogP contribution in [0.25, 0.3) is 0 Å². The van der Waals surface area contributed by atoms with Crippen molar-refractivity contribution in [2.75, 3.05) is 0 Å². The Kier molecular flexibility index (Phi) is 3.58. The number of aryl methyl sites for hydroxylation is 2. The van der Waals surface area contributed by atoms with E-state index in [1.807, 2.05) is 26.0 Å². The van der Waals surface area contributed by atoms with E-state index >= 15 is 0 Å². The largest absolute Gasteiger partial charge is 0.309 e. The predicted molar refractivity (Wildman–Crippen MR) is 80.4 cm³/mol. The minimum absolute atomic E-state index is 0.0815. The monoisotopic (exact) mass is 269 g/mol. The van der Waals surface area contributed by atoms with Gasteiger partial charge in [-0.1, -0.05) is 36.4 Å². The summed E-state index contributed by atoms with van der Waals surface area (Å²) in [5.41, 5.74) is 5.54. The molecule has 0 saturated heterocycles. The Labute approximate surface area is 119 Å². The summed E-state index contributed by atoms with van der Waals surface area (Å²) in [7, 11) is 0. The number of nitrogens with one attached hydrogen (secondary N) is 1. The third-order valence-electron chi connectivity index (χ3n) is 4.14. The van der Waals surface area contributed by atoms with Gasteiger partial charge in [0.2, 0.25) is 0 Å². The zero-order valence-corrected chi connectivity index (χ0v) is 12.0. The molecule has 0 amide bonds. The van der Waals surface area contributed by atoms with E-state index in [1.165, 1.54) is 11.1 Å². The molecule has 1 N–H and O–H groups in total. The van der Waals surface area contributed by atoms with E-state index in [0.717, 1.165) is 36.1 Å². The van der Waals surface area contributed by atoms with Crippen LogP contribution in [0.1, 0.15) is 27.8 Å². The molecule has 0 aliphatic heterocycles. The van der Waals surface area contributed by atoms with E-state index in [4.69, 9.17) is 0 Å². The zero-order valence-electron chi connectivity index (χ0n) is 12.0. The number of fused-ring (bicyclic) bond motifs is 1. The highest BCUT2D eigenvalue weighted by Gasteiger charge is 2.20. The van der Waals surface area contributed by atoms with Crippen LogP contribution in [0.2, 0.25) is 0 Å². The Morgan fingerprint density at radius 2 is 1.60 bits per heavy atom. The molecule has 1 aliphatic carbocycles. The second-order valence-electron chi connectivity index (χ2n) is 5.80. The van der Waals surface area contributed by atoms with Gasteiger partial charge < -0.3 is 5.32 Å². The number of hydrogen-bond acceptors (Lipinski definition) is 1. The highest BCUT2D eigenvalue weighted by molar-refractivity contribution is 5.34. The number of rotatable bonds is 3. The lowest BCUT2D eigenvalue weighted by atomic mass is 10.1. The smallest absolute Gasteiger partial charge is 0.129 e. The molecule has 0 radical (unpaired) electrons. The third kappa shape index (κ3) is 2.61. The normalized spacial score (nSPS) is 14.6. The average molecular weight is 269 g/mol.